The molecular formula is C58H56N8+4. The van der Waals surface area contributed by atoms with Crippen LogP contribution in [0.25, 0.3) is 45.0 Å². The van der Waals surface area contributed by atoms with E-state index in [9.17, 15) is 0 Å². The molecule has 0 spiro atoms. The Morgan fingerprint density at radius 2 is 0.682 bits per heavy atom. The van der Waals surface area contributed by atoms with Gasteiger partial charge in [-0.3, -0.25) is 19.9 Å². The lowest BCUT2D eigenvalue weighted by molar-refractivity contribution is -0.672. The molecule has 66 heavy (non-hydrogen) atoms. The molecule has 4 aliphatic heterocycles. The maximum absolute atomic E-state index is 4.29. The molecule has 0 saturated heterocycles. The molecule has 0 N–H and O–H groups in total. The van der Waals surface area contributed by atoms with E-state index >= 15 is 0 Å². The van der Waals surface area contributed by atoms with Crippen LogP contribution >= 0.6 is 0 Å². The Morgan fingerprint density at radius 1 is 0.318 bits per heavy atom. The second-order valence-electron chi connectivity index (χ2n) is 19.5. The maximum Gasteiger partial charge on any atom is 0.218 e. The molecule has 8 aromatic rings. The Labute approximate surface area is 387 Å². The fraction of sp³-hybridized carbons (Fsp3) is 0.310. The fourth-order valence-corrected chi connectivity index (χ4v) is 12.3. The second-order valence-corrected chi connectivity index (χ2v) is 19.5. The summed E-state index contributed by atoms with van der Waals surface area (Å²) in [5, 5.41) is 0. The summed E-state index contributed by atoms with van der Waals surface area (Å²) in [6, 6.07) is 17.9. The number of fused-ring (bicyclic) bond motifs is 18. The molecular weight excluding hydrogens is 809 g/mol. The van der Waals surface area contributed by atoms with Crippen LogP contribution in [-0.4, -0.2) is 19.9 Å². The van der Waals surface area contributed by atoms with E-state index in [1.165, 1.54) is 157 Å². The third-order valence-corrected chi connectivity index (χ3v) is 15.6. The first kappa shape index (κ1) is 39.6. The van der Waals surface area contributed by atoms with E-state index in [0.29, 0.717) is 0 Å². The van der Waals surface area contributed by atoms with E-state index < -0.39 is 0 Å². The third-order valence-electron chi connectivity index (χ3n) is 15.6. The van der Waals surface area contributed by atoms with Gasteiger partial charge in [0, 0.05) is 118 Å². The van der Waals surface area contributed by atoms with Gasteiger partial charge in [0.25, 0.3) is 0 Å². The minimum Gasteiger partial charge on any atom is -0.264 e. The van der Waals surface area contributed by atoms with Crippen molar-refractivity contribution in [2.45, 2.75) is 116 Å². The van der Waals surface area contributed by atoms with Crippen molar-refractivity contribution in [1.82, 2.24) is 19.9 Å². The largest absolute Gasteiger partial charge is 0.264 e. The molecule has 0 unspecified atom stereocenters. The van der Waals surface area contributed by atoms with Crippen molar-refractivity contribution in [3.8, 4) is 45.0 Å². The van der Waals surface area contributed by atoms with Crippen LogP contribution in [0.5, 0.6) is 0 Å². The standard InChI is InChI=1S/2C15H15N2.2C14H13N2/c1-2-4-13-11(3-1)6-8-17-10-12-5-7-16-9-14(12)15(13)17;1-2-4-12-9-17-10-13-5-6-16-8-14(13)15(17)7-11(12)3-1;1-2-10-5-7-16-9-11-4-6-15-8-13(11)14(16)12(10)3-1;1-2-10-6-14-13-7-15-5-4-12(13)9-16(14)8-11(10)3-1/h2*5-9H,1-4,10H2;2*4-8H,1-3,9H2/q4*+1. The smallest absolute Gasteiger partial charge is 0.218 e. The topological polar surface area (TPSA) is 67.1 Å². The zero-order valence-corrected chi connectivity index (χ0v) is 37.9. The van der Waals surface area contributed by atoms with Crippen LogP contribution in [-0.2, 0) is 77.5 Å². The molecule has 0 radical (unpaired) electrons. The number of hydrogen-bond donors (Lipinski definition) is 0. The fourth-order valence-electron chi connectivity index (χ4n) is 12.3. The van der Waals surface area contributed by atoms with Gasteiger partial charge in [0.2, 0.25) is 22.8 Å². The monoisotopic (exact) mass is 864 g/mol. The van der Waals surface area contributed by atoms with E-state index in [2.05, 4.69) is 112 Å². The van der Waals surface area contributed by atoms with Crippen molar-refractivity contribution in [3.05, 3.63) is 190 Å². The molecule has 8 nitrogen and oxygen atoms in total. The maximum atomic E-state index is 4.29. The van der Waals surface area contributed by atoms with Crippen LogP contribution < -0.4 is 18.3 Å². The quantitative estimate of drug-likeness (QED) is 0.144. The first-order chi connectivity index (χ1) is 32.7. The van der Waals surface area contributed by atoms with Gasteiger partial charge in [-0.15, -0.1) is 0 Å². The van der Waals surface area contributed by atoms with Crippen LogP contribution in [0.4, 0.5) is 0 Å². The second kappa shape index (κ2) is 16.6. The molecule has 8 heteroatoms. The molecule has 0 amide bonds. The highest BCUT2D eigenvalue weighted by molar-refractivity contribution is 5.68. The van der Waals surface area contributed by atoms with Gasteiger partial charge in [0.05, 0.1) is 22.3 Å². The number of aromatic nitrogens is 8. The van der Waals surface area contributed by atoms with E-state index in [1.54, 1.807) is 44.5 Å². The molecule has 4 aliphatic carbocycles. The molecule has 0 atom stereocenters. The van der Waals surface area contributed by atoms with Gasteiger partial charge in [-0.2, -0.15) is 18.3 Å². The van der Waals surface area contributed by atoms with E-state index in [1.807, 2.05) is 49.6 Å². The minimum absolute atomic E-state index is 1.01. The van der Waals surface area contributed by atoms with Gasteiger partial charge in [0.15, 0.2) is 51.0 Å². The van der Waals surface area contributed by atoms with E-state index in [-0.39, 0.29) is 0 Å². The summed E-state index contributed by atoms with van der Waals surface area (Å²) < 4.78 is 9.51. The summed E-state index contributed by atoms with van der Waals surface area (Å²) in [5.41, 5.74) is 29.0. The lowest BCUT2D eigenvalue weighted by atomic mass is 9.89. The van der Waals surface area contributed by atoms with Crippen LogP contribution in [0, 0.1) is 0 Å². The molecule has 8 aliphatic rings. The highest BCUT2D eigenvalue weighted by atomic mass is 15.0. The zero-order chi connectivity index (χ0) is 43.6. The summed E-state index contributed by atoms with van der Waals surface area (Å²) in [6.07, 6.45) is 42.8. The van der Waals surface area contributed by atoms with Gasteiger partial charge in [0.1, 0.15) is 0 Å². The predicted molar refractivity (Wildman–Crippen MR) is 253 cm³/mol. The van der Waals surface area contributed by atoms with Gasteiger partial charge >= 0.3 is 0 Å². The minimum atomic E-state index is 1.01. The van der Waals surface area contributed by atoms with Crippen molar-refractivity contribution in [2.75, 3.05) is 0 Å². The third kappa shape index (κ3) is 6.95. The van der Waals surface area contributed by atoms with Crippen molar-refractivity contribution in [2.24, 2.45) is 0 Å². The Kier molecular flexibility index (Phi) is 9.93. The summed E-state index contributed by atoms with van der Waals surface area (Å²) in [7, 11) is 0. The number of aryl methyl sites for hydroxylation is 6. The zero-order valence-electron chi connectivity index (χ0n) is 37.9. The van der Waals surface area contributed by atoms with Gasteiger partial charge in [-0.05, 0) is 136 Å². The number of nitrogens with zero attached hydrogens (tertiary/aromatic N) is 8. The first-order valence-corrected chi connectivity index (χ1v) is 24.6. The lowest BCUT2D eigenvalue weighted by Crippen LogP contribution is -2.33. The average Bonchev–Trinajstić information content (AvgIpc) is 4.24. The molecule has 8 aromatic heterocycles. The molecule has 324 valence electrons. The summed E-state index contributed by atoms with van der Waals surface area (Å²) in [6.45, 7) is 4.06. The molecule has 0 bridgehead atoms. The van der Waals surface area contributed by atoms with Crippen LogP contribution in [0.15, 0.2) is 123 Å². The van der Waals surface area contributed by atoms with Crippen molar-refractivity contribution in [1.29, 1.82) is 0 Å². The van der Waals surface area contributed by atoms with Crippen LogP contribution in [0.2, 0.25) is 0 Å². The highest BCUT2D eigenvalue weighted by Gasteiger charge is 2.34. The summed E-state index contributed by atoms with van der Waals surface area (Å²) in [5.74, 6) is 0. The molecule has 16 rings (SSSR count). The Balaban J connectivity index is 0.0000000878. The summed E-state index contributed by atoms with van der Waals surface area (Å²) >= 11 is 0. The van der Waals surface area contributed by atoms with Crippen molar-refractivity contribution < 1.29 is 18.3 Å². The average molecular weight is 865 g/mol. The Bertz CT molecular complexity index is 3240. The number of hydrogen-bond acceptors (Lipinski definition) is 4. The highest BCUT2D eigenvalue weighted by Crippen LogP contribution is 2.36. The molecule has 12 heterocycles. The predicted octanol–water partition coefficient (Wildman–Crippen LogP) is 8.33. The lowest BCUT2D eigenvalue weighted by Gasteiger charge is -2.15. The van der Waals surface area contributed by atoms with Gasteiger partial charge in [-0.1, -0.05) is 0 Å². The molecule has 0 saturated carbocycles. The van der Waals surface area contributed by atoms with Crippen molar-refractivity contribution >= 4 is 0 Å². The number of pyridine rings is 8. The molecule has 0 fully saturated rings. The summed E-state index contributed by atoms with van der Waals surface area (Å²) in [4.78, 5) is 17.0. The van der Waals surface area contributed by atoms with Crippen LogP contribution in [0.1, 0.15) is 105 Å². The SMILES string of the molecule is c1cc2c(cn1)-c1c3c(cc[n+]1C2)CCC3.c1cc2c(cn1)-c1c3c(cc[n+]1C2)CCCC3.c1cc2c(cn1)-c1cc3c(c[n+]1C2)CCC3.c1cc2c(cn1)-c1cc3c(c[n+]1C2)CCCC3. The Hall–Kier alpha value is -6.80. The van der Waals surface area contributed by atoms with Crippen molar-refractivity contribution in [3.63, 3.8) is 0 Å². The van der Waals surface area contributed by atoms with Gasteiger partial charge in [-0.25, -0.2) is 0 Å². The Morgan fingerprint density at radius 3 is 1.21 bits per heavy atom. The van der Waals surface area contributed by atoms with Crippen LogP contribution in [0.3, 0.4) is 0 Å². The van der Waals surface area contributed by atoms with E-state index in [0.717, 1.165) is 26.2 Å². The normalized spacial score (nSPS) is 16.0. The van der Waals surface area contributed by atoms with Gasteiger partial charge < -0.3 is 0 Å². The first-order valence-electron chi connectivity index (χ1n) is 24.6. The number of rotatable bonds is 0. The molecule has 0 aromatic carbocycles. The van der Waals surface area contributed by atoms with E-state index in [4.69, 9.17) is 0 Å².